The molecule has 0 bridgehead atoms. The van der Waals surface area contributed by atoms with Crippen molar-refractivity contribution < 1.29 is 19.0 Å². The first-order valence-electron chi connectivity index (χ1n) is 9.95. The van der Waals surface area contributed by atoms with E-state index in [9.17, 15) is 9.59 Å². The molecule has 31 heavy (non-hydrogen) atoms. The summed E-state index contributed by atoms with van der Waals surface area (Å²) >= 11 is 0. The van der Waals surface area contributed by atoms with Crippen LogP contribution < -0.4 is 30.4 Å². The summed E-state index contributed by atoms with van der Waals surface area (Å²) in [6.45, 7) is 0.677. The van der Waals surface area contributed by atoms with E-state index >= 15 is 0 Å². The van der Waals surface area contributed by atoms with E-state index < -0.39 is 6.03 Å². The molecule has 2 amide bonds. The molecule has 0 unspecified atom stereocenters. The maximum Gasteiger partial charge on any atom is 0.323 e. The van der Waals surface area contributed by atoms with Crippen LogP contribution in [0.3, 0.4) is 0 Å². The zero-order valence-electron chi connectivity index (χ0n) is 17.7. The van der Waals surface area contributed by atoms with Gasteiger partial charge in [-0.05, 0) is 31.0 Å². The number of hydrogen-bond donors (Lipinski definition) is 2. The minimum absolute atomic E-state index is 0.0756. The van der Waals surface area contributed by atoms with Gasteiger partial charge in [-0.2, -0.15) is 0 Å². The van der Waals surface area contributed by atoms with Crippen LogP contribution >= 0.6 is 0 Å². The Bertz CT molecular complexity index is 1180. The lowest BCUT2D eigenvalue weighted by Crippen LogP contribution is -2.28. The predicted octanol–water partition coefficient (Wildman–Crippen LogP) is 3.40. The Kier molecular flexibility index (Phi) is 5.66. The molecule has 0 fully saturated rings. The monoisotopic (exact) mass is 424 g/mol. The number of methoxy groups -OCH3 is 3. The van der Waals surface area contributed by atoms with Crippen molar-refractivity contribution in [3.05, 3.63) is 46.5 Å². The second-order valence-corrected chi connectivity index (χ2v) is 7.17. The first kappa shape index (κ1) is 20.5. The molecule has 2 N–H and O–H groups in total. The summed E-state index contributed by atoms with van der Waals surface area (Å²) in [4.78, 5) is 30.0. The van der Waals surface area contributed by atoms with E-state index in [1.807, 2.05) is 0 Å². The Morgan fingerprint density at radius 3 is 2.35 bits per heavy atom. The van der Waals surface area contributed by atoms with Crippen LogP contribution in [-0.2, 0) is 13.0 Å². The minimum Gasteiger partial charge on any atom is -0.493 e. The summed E-state index contributed by atoms with van der Waals surface area (Å²) in [5.74, 6) is 2.10. The lowest BCUT2D eigenvalue weighted by Gasteiger charge is -2.18. The van der Waals surface area contributed by atoms with Gasteiger partial charge in [0.25, 0.3) is 5.56 Å². The molecule has 2 aromatic carbocycles. The zero-order chi connectivity index (χ0) is 22.0. The number of fused-ring (bicyclic) bond motifs is 2. The summed E-state index contributed by atoms with van der Waals surface area (Å²) in [7, 11) is 4.51. The van der Waals surface area contributed by atoms with Gasteiger partial charge in [-0.1, -0.05) is 0 Å². The number of aromatic nitrogens is 2. The number of nitrogens with one attached hydrogen (secondary N) is 2. The number of rotatable bonds is 5. The van der Waals surface area contributed by atoms with Gasteiger partial charge >= 0.3 is 6.03 Å². The lowest BCUT2D eigenvalue weighted by molar-refractivity contribution is 0.262. The molecule has 1 aromatic heterocycles. The second kappa shape index (κ2) is 8.55. The van der Waals surface area contributed by atoms with Crippen molar-refractivity contribution in [1.82, 2.24) is 9.55 Å². The van der Waals surface area contributed by atoms with E-state index in [1.165, 1.54) is 21.3 Å². The molecule has 0 saturated heterocycles. The van der Waals surface area contributed by atoms with Crippen molar-refractivity contribution in [2.75, 3.05) is 32.0 Å². The molecule has 9 heteroatoms. The summed E-state index contributed by atoms with van der Waals surface area (Å²) < 4.78 is 17.6. The fourth-order valence-corrected chi connectivity index (χ4v) is 3.77. The zero-order valence-corrected chi connectivity index (χ0v) is 17.7. The number of benzene rings is 2. The van der Waals surface area contributed by atoms with Crippen molar-refractivity contribution in [2.45, 2.75) is 25.8 Å². The van der Waals surface area contributed by atoms with Crippen LogP contribution in [-0.4, -0.2) is 36.9 Å². The standard InChI is InChI=1S/C22H24N4O5/c1-29-17-11-14(12-18(30-2)20(17)31-3)24-22(28)23-13-7-8-16-15(10-13)21(27)26-9-5-4-6-19(26)25-16/h7-8,10-12H,4-6,9H2,1-3H3,(H2,23,24,28). The highest BCUT2D eigenvalue weighted by atomic mass is 16.5. The van der Waals surface area contributed by atoms with Gasteiger partial charge in [0.05, 0.1) is 37.9 Å². The third-order valence-electron chi connectivity index (χ3n) is 5.25. The average molecular weight is 424 g/mol. The number of aryl methyl sites for hydroxylation is 1. The van der Waals surface area contributed by atoms with Crippen LogP contribution in [0.15, 0.2) is 35.1 Å². The van der Waals surface area contributed by atoms with Crippen LogP contribution in [0.5, 0.6) is 17.2 Å². The van der Waals surface area contributed by atoms with Crippen LogP contribution in [0.1, 0.15) is 18.7 Å². The van der Waals surface area contributed by atoms with Gasteiger partial charge in [-0.25, -0.2) is 9.78 Å². The molecular formula is C22H24N4O5. The van der Waals surface area contributed by atoms with Crippen LogP contribution in [0, 0.1) is 0 Å². The Balaban J connectivity index is 1.57. The number of hydrogen-bond acceptors (Lipinski definition) is 6. The molecule has 3 aromatic rings. The first-order chi connectivity index (χ1) is 15.0. The van der Waals surface area contributed by atoms with Crippen molar-refractivity contribution in [3.8, 4) is 17.2 Å². The van der Waals surface area contributed by atoms with Crippen molar-refractivity contribution in [2.24, 2.45) is 0 Å². The van der Waals surface area contributed by atoms with E-state index in [1.54, 1.807) is 34.9 Å². The molecular weight excluding hydrogens is 400 g/mol. The average Bonchev–Trinajstić information content (AvgIpc) is 2.78. The van der Waals surface area contributed by atoms with Gasteiger partial charge in [0, 0.05) is 30.8 Å². The molecule has 1 aliphatic rings. The van der Waals surface area contributed by atoms with Crippen LogP contribution in [0.2, 0.25) is 0 Å². The van der Waals surface area contributed by atoms with E-state index in [0.717, 1.165) is 25.1 Å². The van der Waals surface area contributed by atoms with Crippen LogP contribution in [0.4, 0.5) is 16.2 Å². The fraction of sp³-hybridized carbons (Fsp3) is 0.318. The van der Waals surface area contributed by atoms with Gasteiger partial charge in [-0.15, -0.1) is 0 Å². The number of carbonyl (C=O) groups is 1. The normalized spacial score (nSPS) is 12.7. The Hall–Kier alpha value is -3.75. The van der Waals surface area contributed by atoms with E-state index in [2.05, 4.69) is 15.6 Å². The van der Waals surface area contributed by atoms with Crippen molar-refractivity contribution >= 4 is 28.3 Å². The van der Waals surface area contributed by atoms with E-state index in [0.29, 0.717) is 46.1 Å². The fourth-order valence-electron chi connectivity index (χ4n) is 3.77. The molecule has 162 valence electrons. The number of anilines is 2. The largest absolute Gasteiger partial charge is 0.493 e. The molecule has 9 nitrogen and oxygen atoms in total. The van der Waals surface area contributed by atoms with Gasteiger partial charge in [-0.3, -0.25) is 9.36 Å². The number of nitrogens with zero attached hydrogens (tertiary/aromatic N) is 2. The first-order valence-corrected chi connectivity index (χ1v) is 9.95. The summed E-state index contributed by atoms with van der Waals surface area (Å²) in [5, 5.41) is 5.98. The smallest absolute Gasteiger partial charge is 0.323 e. The topological polar surface area (TPSA) is 104 Å². The van der Waals surface area contributed by atoms with E-state index in [4.69, 9.17) is 14.2 Å². The summed E-state index contributed by atoms with van der Waals surface area (Å²) in [6, 6.07) is 7.92. The molecule has 0 saturated carbocycles. The van der Waals surface area contributed by atoms with Gasteiger partial charge in [0.2, 0.25) is 5.75 Å². The van der Waals surface area contributed by atoms with Crippen LogP contribution in [0.25, 0.3) is 10.9 Å². The maximum atomic E-state index is 12.9. The highest BCUT2D eigenvalue weighted by Crippen LogP contribution is 2.39. The number of ether oxygens (including phenoxy) is 3. The van der Waals surface area contributed by atoms with E-state index in [-0.39, 0.29) is 5.56 Å². The quantitative estimate of drug-likeness (QED) is 0.651. The predicted molar refractivity (Wildman–Crippen MR) is 118 cm³/mol. The highest BCUT2D eigenvalue weighted by Gasteiger charge is 2.16. The lowest BCUT2D eigenvalue weighted by atomic mass is 10.1. The van der Waals surface area contributed by atoms with Gasteiger partial charge < -0.3 is 24.8 Å². The maximum absolute atomic E-state index is 12.9. The minimum atomic E-state index is -0.473. The summed E-state index contributed by atoms with van der Waals surface area (Å²) in [5.41, 5.74) is 1.51. The van der Waals surface area contributed by atoms with Crippen molar-refractivity contribution in [1.29, 1.82) is 0 Å². The highest BCUT2D eigenvalue weighted by molar-refractivity contribution is 6.01. The number of urea groups is 1. The molecule has 1 aliphatic heterocycles. The third kappa shape index (κ3) is 3.98. The number of carbonyl (C=O) groups excluding carboxylic acids is 1. The Morgan fingerprint density at radius 1 is 0.968 bits per heavy atom. The Labute approximate surface area is 178 Å². The number of amides is 2. The van der Waals surface area contributed by atoms with Crippen molar-refractivity contribution in [3.63, 3.8) is 0 Å². The summed E-state index contributed by atoms with van der Waals surface area (Å²) in [6.07, 6.45) is 2.82. The molecule has 0 spiro atoms. The molecule has 0 atom stereocenters. The SMILES string of the molecule is COc1cc(NC(=O)Nc2ccc3nc4n(c(=O)c3c2)CCCC4)cc(OC)c1OC. The van der Waals surface area contributed by atoms with Gasteiger partial charge in [0.15, 0.2) is 11.5 Å². The third-order valence-corrected chi connectivity index (χ3v) is 5.25. The second-order valence-electron chi connectivity index (χ2n) is 7.17. The molecule has 2 heterocycles. The molecule has 4 rings (SSSR count). The molecule has 0 aliphatic carbocycles. The van der Waals surface area contributed by atoms with Gasteiger partial charge in [0.1, 0.15) is 5.82 Å². The Morgan fingerprint density at radius 2 is 1.68 bits per heavy atom. The molecule has 0 radical (unpaired) electrons.